The van der Waals surface area contributed by atoms with Crippen LogP contribution in [0.25, 0.3) is 0 Å². The summed E-state index contributed by atoms with van der Waals surface area (Å²) in [6.07, 6.45) is -4.16. The Labute approximate surface area is 154 Å². The maximum absolute atomic E-state index is 11.4. The van der Waals surface area contributed by atoms with Crippen molar-refractivity contribution in [3.8, 4) is 0 Å². The molecule has 6 atom stereocenters. The molecule has 9 heteroatoms. The van der Waals surface area contributed by atoms with Gasteiger partial charge in [-0.25, -0.2) is 4.79 Å². The highest BCUT2D eigenvalue weighted by Gasteiger charge is 2.50. The third-order valence-electron chi connectivity index (χ3n) is 4.60. The van der Waals surface area contributed by atoms with E-state index in [1.165, 1.54) is 11.8 Å². The molecule has 0 radical (unpaired) electrons. The molecule has 142 valence electrons. The summed E-state index contributed by atoms with van der Waals surface area (Å²) in [5, 5.41) is 41.9. The number of rotatable bonds is 5. The van der Waals surface area contributed by atoms with E-state index in [-0.39, 0.29) is 0 Å². The fourth-order valence-electron chi connectivity index (χ4n) is 3.26. The lowest BCUT2D eigenvalue weighted by Crippen LogP contribution is -2.55. The summed E-state index contributed by atoms with van der Waals surface area (Å²) in [6, 6.07) is 8.68. The Balaban J connectivity index is 1.87. The van der Waals surface area contributed by atoms with Gasteiger partial charge in [0.05, 0.1) is 17.2 Å². The molecule has 1 amide bonds. The second-order valence-corrected chi connectivity index (χ2v) is 7.76. The van der Waals surface area contributed by atoms with Crippen molar-refractivity contribution in [3.05, 3.63) is 35.9 Å². The van der Waals surface area contributed by atoms with Crippen LogP contribution in [0.2, 0.25) is 0 Å². The van der Waals surface area contributed by atoms with Crippen LogP contribution in [0, 0.1) is 0 Å². The summed E-state index contributed by atoms with van der Waals surface area (Å²) >= 11 is 1.21. The predicted molar refractivity (Wildman–Crippen MR) is 96.3 cm³/mol. The van der Waals surface area contributed by atoms with Crippen molar-refractivity contribution < 1.29 is 30.0 Å². The predicted octanol–water partition coefficient (Wildman–Crippen LogP) is 0.208. The van der Waals surface area contributed by atoms with Crippen molar-refractivity contribution in [1.82, 2.24) is 5.32 Å². The summed E-state index contributed by atoms with van der Waals surface area (Å²) in [4.78, 5) is 15.8. The third-order valence-corrected chi connectivity index (χ3v) is 6.00. The van der Waals surface area contributed by atoms with Gasteiger partial charge in [0.15, 0.2) is 0 Å². The van der Waals surface area contributed by atoms with E-state index in [2.05, 4.69) is 10.3 Å². The van der Waals surface area contributed by atoms with Crippen molar-refractivity contribution in [1.29, 1.82) is 0 Å². The molecule has 0 bridgehead atoms. The smallest absolute Gasteiger partial charge is 0.405 e. The van der Waals surface area contributed by atoms with Crippen LogP contribution in [-0.4, -0.2) is 73.5 Å². The zero-order valence-corrected chi connectivity index (χ0v) is 15.0. The highest BCUT2D eigenvalue weighted by atomic mass is 32.2. The van der Waals surface area contributed by atoms with Gasteiger partial charge in [-0.15, -0.1) is 0 Å². The number of nitrogens with zero attached hydrogens (tertiary/aromatic N) is 1. The first-order valence-electron chi connectivity index (χ1n) is 8.26. The van der Waals surface area contributed by atoms with E-state index in [9.17, 15) is 25.2 Å². The summed E-state index contributed by atoms with van der Waals surface area (Å²) in [7, 11) is 0. The number of carbonyl (C=O) groups is 1. The molecule has 3 rings (SSSR count). The number of ether oxygens (including phenoxy) is 1. The minimum Gasteiger partial charge on any atom is -0.465 e. The molecule has 5 N–H and O–H groups in total. The SMILES string of the molecule is CC(Cc1ccccc1)(NC(=O)O)C1=N[C@@H]2[C@@H](O)[C@H](O)[C@@H](CO)O[C@@H]2S1. The number of fused-ring (bicyclic) bond motifs is 1. The molecule has 0 aliphatic carbocycles. The molecular formula is C17H22N2O6S. The average Bonchev–Trinajstić information content (AvgIpc) is 3.03. The standard InChI is InChI=1S/C17H22N2O6S/c1-17(19-16(23)24,7-9-5-3-2-4-6-9)15-18-11-13(22)12(21)10(8-20)25-14(11)26-15/h2-6,10-14,19-22H,7-8H2,1H3,(H,23,24)/t10-,11-,12-,13-,14-,17?/m1/s1. The van der Waals surface area contributed by atoms with Gasteiger partial charge in [0.1, 0.15) is 29.8 Å². The van der Waals surface area contributed by atoms with Crippen molar-refractivity contribution in [2.45, 2.75) is 48.7 Å². The van der Waals surface area contributed by atoms with Gasteiger partial charge in [-0.05, 0) is 12.5 Å². The molecule has 1 saturated heterocycles. The Morgan fingerprint density at radius 2 is 2.00 bits per heavy atom. The van der Waals surface area contributed by atoms with Gasteiger partial charge in [-0.1, -0.05) is 42.1 Å². The first kappa shape index (κ1) is 19.1. The number of aliphatic hydroxyl groups is 3. The van der Waals surface area contributed by atoms with Gasteiger partial charge in [0.25, 0.3) is 0 Å². The second-order valence-electron chi connectivity index (χ2n) is 6.67. The lowest BCUT2D eigenvalue weighted by atomic mass is 9.93. The minimum atomic E-state index is -1.25. The van der Waals surface area contributed by atoms with Crippen molar-refractivity contribution in [2.24, 2.45) is 4.99 Å². The maximum atomic E-state index is 11.4. The molecule has 2 heterocycles. The van der Waals surface area contributed by atoms with Crippen LogP contribution in [-0.2, 0) is 11.2 Å². The normalized spacial score (nSPS) is 33.1. The van der Waals surface area contributed by atoms with Crippen molar-refractivity contribution in [3.63, 3.8) is 0 Å². The van der Waals surface area contributed by atoms with Crippen LogP contribution < -0.4 is 5.32 Å². The monoisotopic (exact) mass is 382 g/mol. The molecule has 1 aromatic rings. The molecule has 0 saturated carbocycles. The number of aliphatic hydroxyl groups excluding tert-OH is 3. The second kappa shape index (κ2) is 7.53. The number of hydrogen-bond acceptors (Lipinski definition) is 7. The third kappa shape index (κ3) is 3.72. The summed E-state index contributed by atoms with van der Waals surface area (Å²) in [5.74, 6) is 0. The fraction of sp³-hybridized carbons (Fsp3) is 0.529. The largest absolute Gasteiger partial charge is 0.465 e. The summed E-state index contributed by atoms with van der Waals surface area (Å²) < 4.78 is 5.64. The highest BCUT2D eigenvalue weighted by molar-refractivity contribution is 8.14. The topological polar surface area (TPSA) is 132 Å². The number of aliphatic imine (C=N–C) groups is 1. The Hall–Kier alpha value is -1.65. The number of benzene rings is 1. The first-order valence-corrected chi connectivity index (χ1v) is 9.14. The molecule has 1 unspecified atom stereocenters. The Morgan fingerprint density at radius 1 is 1.31 bits per heavy atom. The number of carboxylic acid groups (broad SMARTS) is 1. The molecule has 1 fully saturated rings. The van der Waals surface area contributed by atoms with Crippen LogP contribution in [0.5, 0.6) is 0 Å². The van der Waals surface area contributed by atoms with Crippen molar-refractivity contribution in [2.75, 3.05) is 6.61 Å². The van der Waals surface area contributed by atoms with Gasteiger partial charge in [0.2, 0.25) is 0 Å². The molecule has 26 heavy (non-hydrogen) atoms. The summed E-state index contributed by atoms with van der Waals surface area (Å²) in [6.45, 7) is 1.30. The van der Waals surface area contributed by atoms with Gasteiger partial charge >= 0.3 is 6.09 Å². The summed E-state index contributed by atoms with van der Waals surface area (Å²) in [5.41, 5.74) is -0.680. The Kier molecular flexibility index (Phi) is 5.54. The van der Waals surface area contributed by atoms with Crippen molar-refractivity contribution >= 4 is 22.9 Å². The number of nitrogens with one attached hydrogen (secondary N) is 1. The van der Waals surface area contributed by atoms with Gasteiger partial charge in [0, 0.05) is 6.42 Å². The lowest BCUT2D eigenvalue weighted by Gasteiger charge is -2.37. The molecule has 8 nitrogen and oxygen atoms in total. The zero-order chi connectivity index (χ0) is 18.9. The molecule has 2 aliphatic heterocycles. The van der Waals surface area contributed by atoms with E-state index < -0.39 is 48.0 Å². The van der Waals surface area contributed by atoms with Gasteiger partial charge in [-0.2, -0.15) is 0 Å². The first-order chi connectivity index (χ1) is 12.3. The molecular weight excluding hydrogens is 360 g/mol. The number of thioether (sulfide) groups is 1. The van der Waals surface area contributed by atoms with E-state index in [0.29, 0.717) is 11.5 Å². The Bertz CT molecular complexity index is 687. The Morgan fingerprint density at radius 3 is 2.62 bits per heavy atom. The van der Waals surface area contributed by atoms with E-state index in [1.54, 1.807) is 6.92 Å². The van der Waals surface area contributed by atoms with E-state index in [0.717, 1.165) is 5.56 Å². The highest BCUT2D eigenvalue weighted by Crippen LogP contribution is 2.40. The van der Waals surface area contributed by atoms with E-state index in [4.69, 9.17) is 4.74 Å². The van der Waals surface area contributed by atoms with Crippen LogP contribution in [0.15, 0.2) is 35.3 Å². The molecule has 1 aromatic carbocycles. The van der Waals surface area contributed by atoms with E-state index >= 15 is 0 Å². The molecule has 0 aromatic heterocycles. The van der Waals surface area contributed by atoms with Crippen LogP contribution >= 0.6 is 11.8 Å². The molecule has 0 spiro atoms. The van der Waals surface area contributed by atoms with Crippen LogP contribution in [0.3, 0.4) is 0 Å². The molecule has 2 aliphatic rings. The fourth-order valence-corrected chi connectivity index (χ4v) is 4.61. The number of amides is 1. The van der Waals surface area contributed by atoms with Crippen LogP contribution in [0.4, 0.5) is 4.79 Å². The lowest BCUT2D eigenvalue weighted by molar-refractivity contribution is -0.164. The minimum absolute atomic E-state index is 0.369. The van der Waals surface area contributed by atoms with Gasteiger partial charge in [-0.3, -0.25) is 4.99 Å². The van der Waals surface area contributed by atoms with Gasteiger partial charge < -0.3 is 30.5 Å². The average molecular weight is 382 g/mol. The maximum Gasteiger partial charge on any atom is 0.405 e. The quantitative estimate of drug-likeness (QED) is 0.492. The van der Waals surface area contributed by atoms with E-state index in [1.807, 2.05) is 30.3 Å². The number of hydrogen-bond donors (Lipinski definition) is 5. The zero-order valence-electron chi connectivity index (χ0n) is 14.1. The van der Waals surface area contributed by atoms with Crippen LogP contribution in [0.1, 0.15) is 12.5 Å².